The summed E-state index contributed by atoms with van der Waals surface area (Å²) in [7, 11) is 0.924. The zero-order valence-electron chi connectivity index (χ0n) is 9.03. The number of nitrogens with zero attached hydrogens (tertiary/aromatic N) is 1. The summed E-state index contributed by atoms with van der Waals surface area (Å²) in [5.41, 5.74) is 0.429. The standard InChI is InChI=1S/C8H15N3O3Si/c1-13-15(3,14-2)6-9-8(12)7-4-5-10-11-7/h4-5H,6H2,1-3H3,(H,9,12)(H,10,11). The van der Waals surface area contributed by atoms with Crippen molar-refractivity contribution in [2.75, 3.05) is 20.4 Å². The van der Waals surface area contributed by atoms with E-state index in [-0.39, 0.29) is 5.91 Å². The third-order valence-electron chi connectivity index (χ3n) is 2.18. The van der Waals surface area contributed by atoms with Gasteiger partial charge in [-0.2, -0.15) is 5.10 Å². The van der Waals surface area contributed by atoms with Crippen LogP contribution in [0.1, 0.15) is 10.5 Å². The van der Waals surface area contributed by atoms with Crippen molar-refractivity contribution in [3.05, 3.63) is 18.0 Å². The largest absolute Gasteiger partial charge is 0.397 e. The van der Waals surface area contributed by atoms with Crippen molar-refractivity contribution in [2.45, 2.75) is 6.55 Å². The summed E-state index contributed by atoms with van der Waals surface area (Å²) in [6.07, 6.45) is 1.93. The van der Waals surface area contributed by atoms with Gasteiger partial charge in [-0.15, -0.1) is 0 Å². The fourth-order valence-corrected chi connectivity index (χ4v) is 1.88. The lowest BCUT2D eigenvalue weighted by Gasteiger charge is -2.22. The van der Waals surface area contributed by atoms with Crippen LogP contribution in [0.15, 0.2) is 12.3 Å². The van der Waals surface area contributed by atoms with Crippen LogP contribution in [-0.2, 0) is 8.85 Å². The van der Waals surface area contributed by atoms with Crippen LogP contribution in [-0.4, -0.2) is 45.1 Å². The number of nitrogens with one attached hydrogen (secondary N) is 2. The van der Waals surface area contributed by atoms with E-state index in [1.54, 1.807) is 20.3 Å². The van der Waals surface area contributed by atoms with Gasteiger partial charge in [-0.25, -0.2) is 0 Å². The molecule has 7 heteroatoms. The molecule has 0 unspecified atom stereocenters. The number of carbonyl (C=O) groups excluding carboxylic acids is 1. The molecule has 2 N–H and O–H groups in total. The molecule has 84 valence electrons. The molecule has 0 radical (unpaired) electrons. The topological polar surface area (TPSA) is 76.2 Å². The van der Waals surface area contributed by atoms with Gasteiger partial charge >= 0.3 is 8.56 Å². The second-order valence-electron chi connectivity index (χ2n) is 3.20. The van der Waals surface area contributed by atoms with Gasteiger partial charge in [0.2, 0.25) is 0 Å². The van der Waals surface area contributed by atoms with Crippen LogP contribution < -0.4 is 5.32 Å². The molecular weight excluding hydrogens is 214 g/mol. The number of aromatic nitrogens is 2. The number of carbonyl (C=O) groups is 1. The summed E-state index contributed by atoms with van der Waals surface area (Å²) in [6, 6.07) is 1.60. The predicted octanol–water partition coefficient (Wildman–Crippen LogP) is 0.0435. The number of hydrogen-bond donors (Lipinski definition) is 2. The van der Waals surface area contributed by atoms with E-state index in [2.05, 4.69) is 15.5 Å². The highest BCUT2D eigenvalue weighted by molar-refractivity contribution is 6.66. The molecule has 0 saturated carbocycles. The Balaban J connectivity index is 2.47. The Morgan fingerprint density at radius 1 is 1.60 bits per heavy atom. The number of amides is 1. The summed E-state index contributed by atoms with van der Waals surface area (Å²) in [6.45, 7) is 1.88. The highest BCUT2D eigenvalue weighted by atomic mass is 28.4. The quantitative estimate of drug-likeness (QED) is 0.699. The second kappa shape index (κ2) is 5.05. The van der Waals surface area contributed by atoms with Crippen LogP contribution in [0.4, 0.5) is 0 Å². The van der Waals surface area contributed by atoms with Gasteiger partial charge in [0.05, 0.1) is 6.17 Å². The molecule has 1 aromatic rings. The Morgan fingerprint density at radius 3 is 2.73 bits per heavy atom. The maximum Gasteiger partial charge on any atom is 0.354 e. The molecule has 0 bridgehead atoms. The van der Waals surface area contributed by atoms with E-state index in [0.29, 0.717) is 11.9 Å². The average molecular weight is 229 g/mol. The third-order valence-corrected chi connectivity index (χ3v) is 4.73. The maximum absolute atomic E-state index is 11.5. The minimum Gasteiger partial charge on any atom is -0.397 e. The highest BCUT2D eigenvalue weighted by Crippen LogP contribution is 2.02. The van der Waals surface area contributed by atoms with Crippen molar-refractivity contribution in [1.82, 2.24) is 15.5 Å². The molecule has 1 aromatic heterocycles. The fraction of sp³-hybridized carbons (Fsp3) is 0.500. The van der Waals surface area contributed by atoms with E-state index in [0.717, 1.165) is 0 Å². The summed E-state index contributed by atoms with van der Waals surface area (Å²) < 4.78 is 10.5. The summed E-state index contributed by atoms with van der Waals surface area (Å²) in [5, 5.41) is 9.00. The molecule has 1 amide bonds. The van der Waals surface area contributed by atoms with Gasteiger partial charge in [0.15, 0.2) is 0 Å². The SMILES string of the molecule is CO[Si](C)(CNC(=O)c1ccn[nH]1)OC. The van der Waals surface area contributed by atoms with Crippen molar-refractivity contribution < 1.29 is 13.6 Å². The van der Waals surface area contributed by atoms with E-state index in [4.69, 9.17) is 8.85 Å². The number of H-pyrrole nitrogens is 1. The monoisotopic (exact) mass is 229 g/mol. The van der Waals surface area contributed by atoms with Crippen LogP contribution in [0, 0.1) is 0 Å². The molecular formula is C8H15N3O3Si. The summed E-state index contributed by atoms with van der Waals surface area (Å²) >= 11 is 0. The molecule has 1 rings (SSSR count). The third kappa shape index (κ3) is 3.15. The first-order valence-corrected chi connectivity index (χ1v) is 7.01. The van der Waals surface area contributed by atoms with E-state index in [1.165, 1.54) is 6.20 Å². The predicted molar refractivity (Wildman–Crippen MR) is 56.6 cm³/mol. The lowest BCUT2D eigenvalue weighted by atomic mass is 10.4. The molecule has 0 fully saturated rings. The molecule has 6 nitrogen and oxygen atoms in total. The normalized spacial score (nSPS) is 11.4. The molecule has 0 saturated heterocycles. The molecule has 15 heavy (non-hydrogen) atoms. The Labute approximate surface area is 89.2 Å². The van der Waals surface area contributed by atoms with Gasteiger partial charge in [-0.1, -0.05) is 0 Å². The van der Waals surface area contributed by atoms with Crippen molar-refractivity contribution in [3.8, 4) is 0 Å². The Morgan fingerprint density at radius 2 is 2.27 bits per heavy atom. The minimum absolute atomic E-state index is 0.208. The molecule has 1 heterocycles. The smallest absolute Gasteiger partial charge is 0.354 e. The second-order valence-corrected chi connectivity index (χ2v) is 6.63. The first-order chi connectivity index (χ1) is 7.11. The Hall–Kier alpha value is -1.18. The molecule has 0 spiro atoms. The van der Waals surface area contributed by atoms with Gasteiger partial charge in [0.1, 0.15) is 5.69 Å². The van der Waals surface area contributed by atoms with Crippen LogP contribution in [0.5, 0.6) is 0 Å². The molecule has 0 aliphatic heterocycles. The van der Waals surface area contributed by atoms with E-state index >= 15 is 0 Å². The van der Waals surface area contributed by atoms with E-state index in [1.807, 2.05) is 6.55 Å². The van der Waals surface area contributed by atoms with Crippen LogP contribution >= 0.6 is 0 Å². The van der Waals surface area contributed by atoms with Gasteiger partial charge in [-0.3, -0.25) is 9.89 Å². The highest BCUT2D eigenvalue weighted by Gasteiger charge is 2.29. The first-order valence-electron chi connectivity index (χ1n) is 4.49. The maximum atomic E-state index is 11.5. The van der Waals surface area contributed by atoms with Crippen molar-refractivity contribution in [2.24, 2.45) is 0 Å². The number of aromatic amines is 1. The zero-order chi connectivity index (χ0) is 11.3. The molecule has 0 atom stereocenters. The van der Waals surface area contributed by atoms with Gasteiger partial charge in [0.25, 0.3) is 5.91 Å². The minimum atomic E-state index is -2.24. The Kier molecular flexibility index (Phi) is 4.01. The van der Waals surface area contributed by atoms with E-state index < -0.39 is 8.56 Å². The van der Waals surface area contributed by atoms with Crippen LogP contribution in [0.3, 0.4) is 0 Å². The van der Waals surface area contributed by atoms with Crippen LogP contribution in [0.25, 0.3) is 0 Å². The van der Waals surface area contributed by atoms with Gasteiger partial charge in [0, 0.05) is 20.4 Å². The number of rotatable bonds is 5. The molecule has 0 aliphatic rings. The molecule has 0 aromatic carbocycles. The van der Waals surface area contributed by atoms with E-state index in [9.17, 15) is 4.79 Å². The van der Waals surface area contributed by atoms with Gasteiger partial charge in [-0.05, 0) is 12.6 Å². The van der Waals surface area contributed by atoms with Crippen molar-refractivity contribution in [1.29, 1.82) is 0 Å². The number of hydrogen-bond acceptors (Lipinski definition) is 4. The average Bonchev–Trinajstić information content (AvgIpc) is 2.79. The lowest BCUT2D eigenvalue weighted by molar-refractivity contribution is 0.0948. The van der Waals surface area contributed by atoms with Crippen LogP contribution in [0.2, 0.25) is 6.55 Å². The fourth-order valence-electron chi connectivity index (χ4n) is 0.946. The Bertz CT molecular complexity index is 311. The molecule has 0 aliphatic carbocycles. The summed E-state index contributed by atoms with van der Waals surface area (Å²) in [5.74, 6) is -0.208. The lowest BCUT2D eigenvalue weighted by Crippen LogP contribution is -2.48. The zero-order valence-corrected chi connectivity index (χ0v) is 10.0. The van der Waals surface area contributed by atoms with Gasteiger partial charge < -0.3 is 14.2 Å². The summed E-state index contributed by atoms with van der Waals surface area (Å²) in [4.78, 5) is 11.5. The van der Waals surface area contributed by atoms with Crippen molar-refractivity contribution in [3.63, 3.8) is 0 Å². The van der Waals surface area contributed by atoms with Crippen molar-refractivity contribution >= 4 is 14.5 Å². The first kappa shape index (κ1) is 11.9.